The molecule has 0 amide bonds. The molecule has 1 fully saturated rings. The van der Waals surface area contributed by atoms with Crippen molar-refractivity contribution in [3.8, 4) is 0 Å². The second-order valence-electron chi connectivity index (χ2n) is 5.45. The van der Waals surface area contributed by atoms with Crippen LogP contribution in [-0.2, 0) is 6.18 Å². The number of alkyl halides is 3. The maximum absolute atomic E-state index is 12.6. The predicted octanol–water partition coefficient (Wildman–Crippen LogP) is 3.89. The van der Waals surface area contributed by atoms with Crippen LogP contribution < -0.4 is 0 Å². The van der Waals surface area contributed by atoms with E-state index in [0.29, 0.717) is 12.8 Å². The average molecular weight is 286 g/mol. The molecule has 0 spiro atoms. The van der Waals surface area contributed by atoms with Crippen LogP contribution in [0.2, 0.25) is 0 Å². The van der Waals surface area contributed by atoms with Gasteiger partial charge in [-0.2, -0.15) is 13.2 Å². The minimum Gasteiger partial charge on any atom is -0.382 e. The molecule has 1 aromatic carbocycles. The average Bonchev–Trinajstić information content (AvgIpc) is 2.37. The van der Waals surface area contributed by atoms with Crippen LogP contribution in [0.5, 0.6) is 0 Å². The minimum atomic E-state index is -4.42. The third-order valence-corrected chi connectivity index (χ3v) is 3.90. The third-order valence-electron chi connectivity index (χ3n) is 3.90. The highest BCUT2D eigenvalue weighted by atomic mass is 19.4. The Labute approximate surface area is 115 Å². The number of hydrogen-bond acceptors (Lipinski definition) is 2. The van der Waals surface area contributed by atoms with Gasteiger partial charge in [-0.05, 0) is 37.5 Å². The Morgan fingerprint density at radius 1 is 1.20 bits per heavy atom. The molecular formula is C15H17F3O2. The number of carbonyl (C=O) groups is 1. The van der Waals surface area contributed by atoms with Crippen molar-refractivity contribution in [2.45, 2.75) is 50.8 Å². The highest BCUT2D eigenvalue weighted by molar-refractivity contribution is 6.03. The van der Waals surface area contributed by atoms with E-state index in [9.17, 15) is 23.1 Å². The Bertz CT molecular complexity index is 514. The molecule has 2 nitrogen and oxygen atoms in total. The Morgan fingerprint density at radius 2 is 1.80 bits per heavy atom. The van der Waals surface area contributed by atoms with E-state index in [-0.39, 0.29) is 11.1 Å². The van der Waals surface area contributed by atoms with E-state index in [2.05, 4.69) is 0 Å². The van der Waals surface area contributed by atoms with Crippen molar-refractivity contribution in [1.82, 2.24) is 0 Å². The Hall–Kier alpha value is -1.36. The summed E-state index contributed by atoms with van der Waals surface area (Å²) in [5, 5.41) is 10.4. The van der Waals surface area contributed by atoms with Gasteiger partial charge < -0.3 is 5.11 Å². The first kappa shape index (κ1) is 15.0. The first-order chi connectivity index (χ1) is 9.24. The summed E-state index contributed by atoms with van der Waals surface area (Å²) in [5.41, 5.74) is -1.75. The lowest BCUT2D eigenvalue weighted by Gasteiger charge is -2.31. The molecule has 1 aliphatic rings. The lowest BCUT2D eigenvalue weighted by Crippen LogP contribution is -2.40. The van der Waals surface area contributed by atoms with Crippen LogP contribution in [0.1, 0.15) is 53.6 Å². The molecular weight excluding hydrogens is 269 g/mol. The number of benzene rings is 1. The van der Waals surface area contributed by atoms with Crippen molar-refractivity contribution in [2.24, 2.45) is 0 Å². The summed E-state index contributed by atoms with van der Waals surface area (Å²) in [6, 6.07) is 3.03. The number of aliphatic hydroxyl groups is 1. The molecule has 1 N–H and O–H groups in total. The van der Waals surface area contributed by atoms with Crippen LogP contribution in [0, 0.1) is 6.92 Å². The van der Waals surface area contributed by atoms with Crippen LogP contribution in [-0.4, -0.2) is 16.5 Å². The number of rotatable bonds is 2. The Balaban J connectivity index is 2.31. The highest BCUT2D eigenvalue weighted by Gasteiger charge is 2.39. The van der Waals surface area contributed by atoms with Crippen molar-refractivity contribution in [3.63, 3.8) is 0 Å². The first-order valence-electron chi connectivity index (χ1n) is 6.69. The van der Waals surface area contributed by atoms with Crippen LogP contribution in [0.3, 0.4) is 0 Å². The maximum atomic E-state index is 12.6. The van der Waals surface area contributed by atoms with E-state index in [1.54, 1.807) is 0 Å². The van der Waals surface area contributed by atoms with E-state index in [1.807, 2.05) is 0 Å². The Kier molecular flexibility index (Phi) is 3.91. The van der Waals surface area contributed by atoms with Crippen molar-refractivity contribution in [2.75, 3.05) is 0 Å². The fourth-order valence-corrected chi connectivity index (χ4v) is 2.71. The summed E-state index contributed by atoms with van der Waals surface area (Å²) in [6.45, 7) is 1.47. The second kappa shape index (κ2) is 5.20. The van der Waals surface area contributed by atoms with E-state index in [4.69, 9.17) is 0 Å². The van der Waals surface area contributed by atoms with Crippen molar-refractivity contribution < 1.29 is 23.1 Å². The topological polar surface area (TPSA) is 37.3 Å². The van der Waals surface area contributed by atoms with Gasteiger partial charge in [0.25, 0.3) is 0 Å². The van der Waals surface area contributed by atoms with Crippen molar-refractivity contribution in [1.29, 1.82) is 0 Å². The van der Waals surface area contributed by atoms with Gasteiger partial charge in [-0.1, -0.05) is 25.3 Å². The Morgan fingerprint density at radius 3 is 2.30 bits per heavy atom. The molecule has 1 aromatic rings. The number of aryl methyl sites for hydroxylation is 1. The van der Waals surface area contributed by atoms with E-state index in [0.717, 1.165) is 31.4 Å². The molecule has 0 atom stereocenters. The van der Waals surface area contributed by atoms with Gasteiger partial charge in [-0.3, -0.25) is 4.79 Å². The molecule has 20 heavy (non-hydrogen) atoms. The zero-order chi connectivity index (χ0) is 15.0. The SMILES string of the molecule is Cc1cc(C(F)(F)F)ccc1C(=O)C1(O)CCCCC1. The second-order valence-corrected chi connectivity index (χ2v) is 5.45. The maximum Gasteiger partial charge on any atom is 0.416 e. The molecule has 0 radical (unpaired) electrons. The first-order valence-corrected chi connectivity index (χ1v) is 6.69. The number of Topliss-reactive ketones (excluding diaryl/α,β-unsaturated/α-hetero) is 1. The van der Waals surface area contributed by atoms with Gasteiger partial charge in [0.2, 0.25) is 0 Å². The van der Waals surface area contributed by atoms with Gasteiger partial charge in [-0.15, -0.1) is 0 Å². The fourth-order valence-electron chi connectivity index (χ4n) is 2.71. The standard InChI is InChI=1S/C15H17F3O2/c1-10-9-11(15(16,17)18)5-6-12(10)13(19)14(20)7-3-2-4-8-14/h5-6,9,20H,2-4,7-8H2,1H3. The normalized spacial score (nSPS) is 18.9. The molecule has 110 valence electrons. The van der Waals surface area contributed by atoms with Gasteiger partial charge in [0, 0.05) is 5.56 Å². The molecule has 1 saturated carbocycles. The molecule has 0 unspecified atom stereocenters. The summed E-state index contributed by atoms with van der Waals surface area (Å²) >= 11 is 0. The summed E-state index contributed by atoms with van der Waals surface area (Å²) in [5.74, 6) is -0.455. The van der Waals surface area contributed by atoms with E-state index >= 15 is 0 Å². The van der Waals surface area contributed by atoms with E-state index < -0.39 is 23.1 Å². The molecule has 5 heteroatoms. The zero-order valence-corrected chi connectivity index (χ0v) is 11.3. The summed E-state index contributed by atoms with van der Waals surface area (Å²) in [6.07, 6.45) is -1.15. The van der Waals surface area contributed by atoms with Gasteiger partial charge >= 0.3 is 6.18 Å². The minimum absolute atomic E-state index is 0.183. The zero-order valence-electron chi connectivity index (χ0n) is 11.3. The van der Waals surface area contributed by atoms with Crippen LogP contribution in [0.15, 0.2) is 18.2 Å². The quantitative estimate of drug-likeness (QED) is 0.837. The number of halogens is 3. The van der Waals surface area contributed by atoms with Crippen molar-refractivity contribution >= 4 is 5.78 Å². The number of hydrogen-bond donors (Lipinski definition) is 1. The summed E-state index contributed by atoms with van der Waals surface area (Å²) in [4.78, 5) is 12.4. The molecule has 0 aromatic heterocycles. The monoisotopic (exact) mass is 286 g/mol. The van der Waals surface area contributed by atoms with Gasteiger partial charge in [0.1, 0.15) is 5.60 Å². The number of ketones is 1. The summed E-state index contributed by atoms with van der Waals surface area (Å²) < 4.78 is 37.8. The van der Waals surface area contributed by atoms with Gasteiger partial charge in [0.05, 0.1) is 5.56 Å². The highest BCUT2D eigenvalue weighted by Crippen LogP contribution is 2.34. The van der Waals surface area contributed by atoms with E-state index in [1.165, 1.54) is 13.0 Å². The third kappa shape index (κ3) is 2.87. The lowest BCUT2D eigenvalue weighted by molar-refractivity contribution is -0.137. The molecule has 0 aliphatic heterocycles. The lowest BCUT2D eigenvalue weighted by atomic mass is 9.78. The van der Waals surface area contributed by atoms with Gasteiger partial charge in [0.15, 0.2) is 5.78 Å². The van der Waals surface area contributed by atoms with Crippen LogP contribution >= 0.6 is 0 Å². The fraction of sp³-hybridized carbons (Fsp3) is 0.533. The molecule has 0 heterocycles. The van der Waals surface area contributed by atoms with Gasteiger partial charge in [-0.25, -0.2) is 0 Å². The van der Waals surface area contributed by atoms with Crippen LogP contribution in [0.4, 0.5) is 13.2 Å². The largest absolute Gasteiger partial charge is 0.416 e. The molecule has 1 aliphatic carbocycles. The summed E-state index contributed by atoms with van der Waals surface area (Å²) in [7, 11) is 0. The number of carbonyl (C=O) groups excluding carboxylic acids is 1. The van der Waals surface area contributed by atoms with Crippen molar-refractivity contribution in [3.05, 3.63) is 34.9 Å². The molecule has 0 bridgehead atoms. The molecule has 2 rings (SSSR count). The predicted molar refractivity (Wildman–Crippen MR) is 68.5 cm³/mol. The molecule has 0 saturated heterocycles. The smallest absolute Gasteiger partial charge is 0.382 e. The van der Waals surface area contributed by atoms with Crippen LogP contribution in [0.25, 0.3) is 0 Å².